The fourth-order valence-corrected chi connectivity index (χ4v) is 4.94. The lowest BCUT2D eigenvalue weighted by molar-refractivity contribution is 0.248. The molecule has 8 heteroatoms. The molecule has 8 nitrogen and oxygen atoms in total. The highest BCUT2D eigenvalue weighted by atomic mass is 16.2. The molecule has 2 aliphatic rings. The quantitative estimate of drug-likeness (QED) is 0.745. The van der Waals surface area contributed by atoms with E-state index in [0.29, 0.717) is 17.2 Å². The van der Waals surface area contributed by atoms with Gasteiger partial charge < -0.3 is 16.0 Å². The van der Waals surface area contributed by atoms with Crippen LogP contribution in [0.15, 0.2) is 24.3 Å². The predicted molar refractivity (Wildman–Crippen MR) is 126 cm³/mol. The van der Waals surface area contributed by atoms with E-state index in [2.05, 4.69) is 16.3 Å². The minimum absolute atomic E-state index is 0.0261. The summed E-state index contributed by atoms with van der Waals surface area (Å²) in [5.74, 6) is 1.71. The number of nitrogens with two attached hydrogens (primary N) is 1. The SMILES string of the molecule is CN(C)c1nc(N[C@H]2CC[C@@H](N(C(N)=O)c3ccccc3C#N)CC2)nc2c1CCCC2. The van der Waals surface area contributed by atoms with E-state index in [1.807, 2.05) is 20.2 Å². The van der Waals surface area contributed by atoms with Gasteiger partial charge in [-0.3, -0.25) is 4.90 Å². The van der Waals surface area contributed by atoms with E-state index >= 15 is 0 Å². The normalized spacial score (nSPS) is 20.0. The maximum atomic E-state index is 12.3. The third-order valence-electron chi connectivity index (χ3n) is 6.50. The fourth-order valence-electron chi connectivity index (χ4n) is 4.94. The maximum Gasteiger partial charge on any atom is 0.319 e. The minimum atomic E-state index is -0.516. The molecule has 4 rings (SSSR count). The first-order valence-electron chi connectivity index (χ1n) is 11.4. The highest BCUT2D eigenvalue weighted by Crippen LogP contribution is 2.32. The molecule has 0 spiro atoms. The number of aromatic nitrogens is 2. The molecular formula is C24H31N7O. The lowest BCUT2D eigenvalue weighted by Gasteiger charge is -2.36. The summed E-state index contributed by atoms with van der Waals surface area (Å²) in [6.45, 7) is 0. The van der Waals surface area contributed by atoms with Crippen molar-refractivity contribution in [2.24, 2.45) is 5.73 Å². The van der Waals surface area contributed by atoms with Crippen molar-refractivity contribution >= 4 is 23.5 Å². The van der Waals surface area contributed by atoms with Gasteiger partial charge in [0.25, 0.3) is 0 Å². The van der Waals surface area contributed by atoms with Crippen molar-refractivity contribution in [2.75, 3.05) is 29.2 Å². The standard InChI is InChI=1S/C24H31N7O/c1-30(2)22-19-8-4-5-9-20(19)28-24(29-22)27-17-11-13-18(14-12-17)31(23(26)32)21-10-6-3-7-16(21)15-25/h3,6-7,10,17-18H,4-5,8-9,11-14H2,1-2H3,(H2,26,32)(H,27,28,29)/t17-,18+. The van der Waals surface area contributed by atoms with Gasteiger partial charge in [0.1, 0.15) is 11.9 Å². The number of nitrogens with zero attached hydrogens (tertiary/aromatic N) is 5. The molecule has 0 aliphatic heterocycles. The Hall–Kier alpha value is -3.34. The van der Waals surface area contributed by atoms with Crippen molar-refractivity contribution in [1.29, 1.82) is 5.26 Å². The monoisotopic (exact) mass is 433 g/mol. The lowest BCUT2D eigenvalue weighted by Crippen LogP contribution is -2.47. The molecule has 2 aromatic rings. The average molecular weight is 434 g/mol. The fraction of sp³-hybridized carbons (Fsp3) is 0.500. The summed E-state index contributed by atoms with van der Waals surface area (Å²) in [6, 6.07) is 8.99. The third-order valence-corrected chi connectivity index (χ3v) is 6.50. The minimum Gasteiger partial charge on any atom is -0.362 e. The summed E-state index contributed by atoms with van der Waals surface area (Å²) in [6.07, 6.45) is 7.76. The maximum absolute atomic E-state index is 12.3. The van der Waals surface area contributed by atoms with E-state index in [0.717, 1.165) is 44.3 Å². The number of nitriles is 1. The van der Waals surface area contributed by atoms with Gasteiger partial charge in [0.2, 0.25) is 5.95 Å². The molecule has 2 amide bonds. The molecule has 168 valence electrons. The summed E-state index contributed by atoms with van der Waals surface area (Å²) in [5, 5.41) is 13.0. The number of hydrogen-bond acceptors (Lipinski definition) is 6. The van der Waals surface area contributed by atoms with Crippen molar-refractivity contribution in [1.82, 2.24) is 9.97 Å². The molecule has 1 fully saturated rings. The number of primary amides is 1. The number of fused-ring (bicyclic) bond motifs is 1. The van der Waals surface area contributed by atoms with E-state index in [9.17, 15) is 10.1 Å². The van der Waals surface area contributed by atoms with Crippen LogP contribution in [0.25, 0.3) is 0 Å². The largest absolute Gasteiger partial charge is 0.362 e. The van der Waals surface area contributed by atoms with Crippen molar-refractivity contribution < 1.29 is 4.79 Å². The Kier molecular flexibility index (Phi) is 6.45. The van der Waals surface area contributed by atoms with Crippen molar-refractivity contribution in [2.45, 2.75) is 63.5 Å². The molecule has 32 heavy (non-hydrogen) atoms. The Morgan fingerprint density at radius 2 is 1.84 bits per heavy atom. The predicted octanol–water partition coefficient (Wildman–Crippen LogP) is 3.60. The second-order valence-electron chi connectivity index (χ2n) is 8.88. The molecule has 2 aliphatic carbocycles. The lowest BCUT2D eigenvalue weighted by atomic mass is 9.89. The van der Waals surface area contributed by atoms with Gasteiger partial charge in [-0.05, 0) is 63.5 Å². The number of nitrogens with one attached hydrogen (secondary N) is 1. The van der Waals surface area contributed by atoms with Crippen LogP contribution >= 0.6 is 0 Å². The smallest absolute Gasteiger partial charge is 0.319 e. The van der Waals surface area contributed by atoms with Gasteiger partial charge >= 0.3 is 6.03 Å². The van der Waals surface area contributed by atoms with Crippen LogP contribution in [0.3, 0.4) is 0 Å². The van der Waals surface area contributed by atoms with Crippen LogP contribution < -0.4 is 20.9 Å². The second-order valence-corrected chi connectivity index (χ2v) is 8.88. The molecule has 0 radical (unpaired) electrons. The molecular weight excluding hydrogens is 402 g/mol. The zero-order valence-electron chi connectivity index (χ0n) is 18.8. The molecule has 0 unspecified atom stereocenters. The molecule has 1 heterocycles. The number of hydrogen-bond donors (Lipinski definition) is 2. The van der Waals surface area contributed by atoms with Gasteiger partial charge in [-0.2, -0.15) is 10.2 Å². The number of carbonyl (C=O) groups excluding carboxylic acids is 1. The van der Waals surface area contributed by atoms with Gasteiger partial charge in [-0.25, -0.2) is 9.78 Å². The summed E-state index contributed by atoms with van der Waals surface area (Å²) in [7, 11) is 4.06. The van der Waals surface area contributed by atoms with Gasteiger partial charge in [0.05, 0.1) is 16.9 Å². The van der Waals surface area contributed by atoms with E-state index in [1.165, 1.54) is 24.1 Å². The Labute approximate surface area is 189 Å². The molecule has 0 bridgehead atoms. The van der Waals surface area contributed by atoms with Gasteiger partial charge in [-0.15, -0.1) is 0 Å². The van der Waals surface area contributed by atoms with Crippen molar-refractivity contribution in [3.8, 4) is 6.07 Å². The third kappa shape index (κ3) is 4.47. The van der Waals surface area contributed by atoms with Crippen LogP contribution in [-0.2, 0) is 12.8 Å². The number of amides is 2. The van der Waals surface area contributed by atoms with Crippen LogP contribution in [0, 0.1) is 11.3 Å². The molecule has 3 N–H and O–H groups in total. The average Bonchev–Trinajstić information content (AvgIpc) is 2.80. The van der Waals surface area contributed by atoms with Crippen LogP contribution in [0.4, 0.5) is 22.2 Å². The van der Waals surface area contributed by atoms with Crippen LogP contribution in [0.5, 0.6) is 0 Å². The zero-order valence-corrected chi connectivity index (χ0v) is 18.8. The van der Waals surface area contributed by atoms with E-state index in [-0.39, 0.29) is 12.1 Å². The Morgan fingerprint density at radius 3 is 2.53 bits per heavy atom. The van der Waals surface area contributed by atoms with Crippen LogP contribution in [0.1, 0.15) is 55.3 Å². The van der Waals surface area contributed by atoms with Gasteiger partial charge in [0, 0.05) is 31.7 Å². The molecule has 1 saturated carbocycles. The number of anilines is 3. The van der Waals surface area contributed by atoms with Crippen molar-refractivity contribution in [3.63, 3.8) is 0 Å². The Bertz CT molecular complexity index is 1020. The van der Waals surface area contributed by atoms with Gasteiger partial charge in [0.15, 0.2) is 0 Å². The van der Waals surface area contributed by atoms with E-state index in [1.54, 1.807) is 23.1 Å². The van der Waals surface area contributed by atoms with Crippen LogP contribution in [-0.4, -0.2) is 42.2 Å². The number of aryl methyl sites for hydroxylation is 1. The first-order valence-corrected chi connectivity index (χ1v) is 11.4. The highest BCUT2D eigenvalue weighted by Gasteiger charge is 2.31. The number of urea groups is 1. The summed E-state index contributed by atoms with van der Waals surface area (Å²) in [5.41, 5.74) is 9.23. The number of para-hydroxylation sites is 1. The number of rotatable bonds is 5. The summed E-state index contributed by atoms with van der Waals surface area (Å²) in [4.78, 5) is 25.6. The second kappa shape index (κ2) is 9.43. The Balaban J connectivity index is 1.46. The summed E-state index contributed by atoms with van der Waals surface area (Å²) < 4.78 is 0. The first-order chi connectivity index (χ1) is 15.5. The van der Waals surface area contributed by atoms with Crippen molar-refractivity contribution in [3.05, 3.63) is 41.1 Å². The topological polar surface area (TPSA) is 111 Å². The molecule has 0 atom stereocenters. The molecule has 0 saturated heterocycles. The number of benzene rings is 1. The summed E-state index contributed by atoms with van der Waals surface area (Å²) >= 11 is 0. The molecule has 1 aromatic carbocycles. The number of carbonyl (C=O) groups is 1. The van der Waals surface area contributed by atoms with E-state index in [4.69, 9.17) is 15.7 Å². The van der Waals surface area contributed by atoms with Crippen LogP contribution in [0.2, 0.25) is 0 Å². The first kappa shape index (κ1) is 21.9. The highest BCUT2D eigenvalue weighted by molar-refractivity contribution is 5.92. The Morgan fingerprint density at radius 1 is 1.12 bits per heavy atom. The van der Waals surface area contributed by atoms with Gasteiger partial charge in [-0.1, -0.05) is 12.1 Å². The zero-order chi connectivity index (χ0) is 22.7. The van der Waals surface area contributed by atoms with E-state index < -0.39 is 6.03 Å². The molecule has 1 aromatic heterocycles.